The minimum Gasteiger partial charge on any atom is -0.491 e. The van der Waals surface area contributed by atoms with E-state index in [1.165, 1.54) is 11.1 Å². The molecule has 0 saturated heterocycles. The Bertz CT molecular complexity index is 741. The number of carbonyl (C=O) groups excluding carboxylic acids is 1. The van der Waals surface area contributed by atoms with Gasteiger partial charge in [0.15, 0.2) is 0 Å². The van der Waals surface area contributed by atoms with Crippen molar-refractivity contribution in [2.45, 2.75) is 32.4 Å². The van der Waals surface area contributed by atoms with Crippen LogP contribution in [0.3, 0.4) is 0 Å². The van der Waals surface area contributed by atoms with Crippen LogP contribution in [0.2, 0.25) is 0 Å². The topological polar surface area (TPSA) is 59.6 Å². The van der Waals surface area contributed by atoms with Crippen molar-refractivity contribution in [2.24, 2.45) is 5.92 Å². The molecule has 2 aromatic rings. The lowest BCUT2D eigenvalue weighted by Gasteiger charge is -2.16. The number of hydrogen-bond acceptors (Lipinski definition) is 4. The molecule has 1 aliphatic rings. The fraction of sp³-hybridized carbons (Fsp3) is 0.409. The van der Waals surface area contributed by atoms with Crippen LogP contribution in [0.25, 0.3) is 0 Å². The number of carbonyl (C=O) groups is 1. The van der Waals surface area contributed by atoms with Gasteiger partial charge in [-0.2, -0.15) is 0 Å². The van der Waals surface area contributed by atoms with Gasteiger partial charge in [-0.1, -0.05) is 24.3 Å². The zero-order valence-electron chi connectivity index (χ0n) is 16.0. The first-order valence-corrected chi connectivity index (χ1v) is 9.50. The molecule has 3 rings (SSSR count). The summed E-state index contributed by atoms with van der Waals surface area (Å²) in [5, 5.41) is 6.50. The van der Waals surface area contributed by atoms with Crippen molar-refractivity contribution in [2.75, 3.05) is 25.6 Å². The largest absolute Gasteiger partial charge is 0.491 e. The number of anilines is 1. The van der Waals surface area contributed by atoms with Crippen molar-refractivity contribution in [3.8, 4) is 5.75 Å². The SMILES string of the molecule is COCCOc1cccc(CNC(C)c2ccc(NC(=O)C3CC3)cc2)c1. The maximum Gasteiger partial charge on any atom is 0.227 e. The Morgan fingerprint density at radius 2 is 1.93 bits per heavy atom. The molecule has 1 aliphatic carbocycles. The number of amides is 1. The van der Waals surface area contributed by atoms with E-state index in [0.29, 0.717) is 13.2 Å². The summed E-state index contributed by atoms with van der Waals surface area (Å²) in [7, 11) is 1.67. The predicted octanol–water partition coefficient (Wildman–Crippen LogP) is 3.91. The van der Waals surface area contributed by atoms with Crippen LogP contribution in [-0.2, 0) is 16.1 Å². The second kappa shape index (κ2) is 9.53. The Balaban J connectivity index is 1.49. The average Bonchev–Trinajstić information content (AvgIpc) is 3.53. The summed E-state index contributed by atoms with van der Waals surface area (Å²) in [5.74, 6) is 1.22. The van der Waals surface area contributed by atoms with E-state index in [1.54, 1.807) is 7.11 Å². The predicted molar refractivity (Wildman–Crippen MR) is 107 cm³/mol. The summed E-state index contributed by atoms with van der Waals surface area (Å²) in [5.41, 5.74) is 3.22. The number of methoxy groups -OCH3 is 1. The van der Waals surface area contributed by atoms with E-state index in [0.717, 1.165) is 30.8 Å². The number of benzene rings is 2. The van der Waals surface area contributed by atoms with Gasteiger partial charge in [-0.15, -0.1) is 0 Å². The summed E-state index contributed by atoms with van der Waals surface area (Å²) < 4.78 is 10.7. The molecule has 5 heteroatoms. The molecule has 27 heavy (non-hydrogen) atoms. The molecule has 2 aromatic carbocycles. The van der Waals surface area contributed by atoms with Crippen molar-refractivity contribution < 1.29 is 14.3 Å². The molecule has 1 saturated carbocycles. The highest BCUT2D eigenvalue weighted by Gasteiger charge is 2.29. The van der Waals surface area contributed by atoms with E-state index in [-0.39, 0.29) is 17.9 Å². The standard InChI is InChI=1S/C22H28N2O3/c1-16(18-8-10-20(11-9-18)24-22(25)19-6-7-19)23-15-17-4-3-5-21(14-17)27-13-12-26-2/h3-5,8-11,14,16,19,23H,6-7,12-13,15H2,1-2H3,(H,24,25). The van der Waals surface area contributed by atoms with Crippen molar-refractivity contribution in [1.82, 2.24) is 5.32 Å². The van der Waals surface area contributed by atoms with Crippen molar-refractivity contribution in [1.29, 1.82) is 0 Å². The Morgan fingerprint density at radius 3 is 2.63 bits per heavy atom. The van der Waals surface area contributed by atoms with Crippen LogP contribution < -0.4 is 15.4 Å². The molecule has 0 radical (unpaired) electrons. The van der Waals surface area contributed by atoms with Gasteiger partial charge in [-0.25, -0.2) is 0 Å². The monoisotopic (exact) mass is 368 g/mol. The summed E-state index contributed by atoms with van der Waals surface area (Å²) in [6.45, 7) is 4.02. The van der Waals surface area contributed by atoms with Gasteiger partial charge in [0.2, 0.25) is 5.91 Å². The molecule has 1 unspecified atom stereocenters. The zero-order chi connectivity index (χ0) is 19.1. The van der Waals surface area contributed by atoms with E-state index in [4.69, 9.17) is 9.47 Å². The molecule has 0 bridgehead atoms. The van der Waals surface area contributed by atoms with Crippen molar-refractivity contribution in [3.63, 3.8) is 0 Å². The summed E-state index contributed by atoms with van der Waals surface area (Å²) in [6, 6.07) is 16.4. The molecule has 0 spiro atoms. The van der Waals surface area contributed by atoms with Crippen LogP contribution in [0.5, 0.6) is 5.75 Å². The maximum atomic E-state index is 11.8. The minimum absolute atomic E-state index is 0.140. The van der Waals surface area contributed by atoms with Gasteiger partial charge in [0, 0.05) is 31.3 Å². The molecule has 1 atom stereocenters. The highest BCUT2D eigenvalue weighted by atomic mass is 16.5. The third kappa shape index (κ3) is 6.08. The summed E-state index contributed by atoms with van der Waals surface area (Å²) >= 11 is 0. The highest BCUT2D eigenvalue weighted by molar-refractivity contribution is 5.94. The average molecular weight is 368 g/mol. The number of ether oxygens (including phenoxy) is 2. The van der Waals surface area contributed by atoms with Gasteiger partial charge in [0.25, 0.3) is 0 Å². The second-order valence-corrected chi connectivity index (χ2v) is 6.98. The molecule has 0 aromatic heterocycles. The molecule has 1 fully saturated rings. The Labute approximate surface area is 161 Å². The van der Waals surface area contributed by atoms with Gasteiger partial charge in [-0.3, -0.25) is 4.79 Å². The molecule has 5 nitrogen and oxygen atoms in total. The second-order valence-electron chi connectivity index (χ2n) is 6.98. The first-order valence-electron chi connectivity index (χ1n) is 9.50. The van der Waals surface area contributed by atoms with E-state index in [2.05, 4.69) is 35.8 Å². The third-order valence-corrected chi connectivity index (χ3v) is 4.69. The van der Waals surface area contributed by atoms with Crippen molar-refractivity contribution >= 4 is 11.6 Å². The number of rotatable bonds is 10. The van der Waals surface area contributed by atoms with Crippen LogP contribution in [-0.4, -0.2) is 26.2 Å². The fourth-order valence-corrected chi connectivity index (χ4v) is 2.82. The van der Waals surface area contributed by atoms with Gasteiger partial charge in [0.05, 0.1) is 6.61 Å². The Hall–Kier alpha value is -2.37. The highest BCUT2D eigenvalue weighted by Crippen LogP contribution is 2.30. The number of hydrogen-bond donors (Lipinski definition) is 2. The quantitative estimate of drug-likeness (QED) is 0.624. The van der Waals surface area contributed by atoms with Gasteiger partial charge >= 0.3 is 0 Å². The fourth-order valence-electron chi connectivity index (χ4n) is 2.82. The molecule has 144 valence electrons. The van der Waals surface area contributed by atoms with Crippen LogP contribution >= 0.6 is 0 Å². The van der Waals surface area contributed by atoms with Gasteiger partial charge < -0.3 is 20.1 Å². The van der Waals surface area contributed by atoms with E-state index in [1.807, 2.05) is 30.3 Å². The van der Waals surface area contributed by atoms with E-state index >= 15 is 0 Å². The summed E-state index contributed by atoms with van der Waals surface area (Å²) in [6.07, 6.45) is 2.03. The first kappa shape index (κ1) is 19.4. The lowest BCUT2D eigenvalue weighted by atomic mass is 10.1. The van der Waals surface area contributed by atoms with E-state index < -0.39 is 0 Å². The first-order chi connectivity index (χ1) is 13.2. The summed E-state index contributed by atoms with van der Waals surface area (Å²) in [4.78, 5) is 11.8. The minimum atomic E-state index is 0.140. The molecule has 0 heterocycles. The van der Waals surface area contributed by atoms with Crippen LogP contribution in [0.4, 0.5) is 5.69 Å². The van der Waals surface area contributed by atoms with Gasteiger partial charge in [-0.05, 0) is 55.2 Å². The van der Waals surface area contributed by atoms with Crippen molar-refractivity contribution in [3.05, 3.63) is 59.7 Å². The molecule has 2 N–H and O–H groups in total. The van der Waals surface area contributed by atoms with E-state index in [9.17, 15) is 4.79 Å². The number of nitrogens with one attached hydrogen (secondary N) is 2. The van der Waals surface area contributed by atoms with Crippen LogP contribution in [0, 0.1) is 5.92 Å². The molecular weight excluding hydrogens is 340 g/mol. The Kier molecular flexibility index (Phi) is 6.85. The van der Waals surface area contributed by atoms with Crippen LogP contribution in [0.15, 0.2) is 48.5 Å². The molecule has 1 amide bonds. The Morgan fingerprint density at radius 1 is 1.15 bits per heavy atom. The zero-order valence-corrected chi connectivity index (χ0v) is 16.0. The molecule has 0 aliphatic heterocycles. The normalized spacial score (nSPS) is 14.6. The smallest absolute Gasteiger partial charge is 0.227 e. The maximum absolute atomic E-state index is 11.8. The lowest BCUT2D eigenvalue weighted by Crippen LogP contribution is -2.18. The van der Waals surface area contributed by atoms with Gasteiger partial charge in [0.1, 0.15) is 12.4 Å². The van der Waals surface area contributed by atoms with Crippen LogP contribution in [0.1, 0.15) is 36.9 Å². The third-order valence-electron chi connectivity index (χ3n) is 4.69. The molecular formula is C22H28N2O3. The lowest BCUT2D eigenvalue weighted by molar-refractivity contribution is -0.117.